The molecule has 1 aromatic carbocycles. The van der Waals surface area contributed by atoms with Crippen molar-refractivity contribution in [3.63, 3.8) is 0 Å². The summed E-state index contributed by atoms with van der Waals surface area (Å²) in [6.07, 6.45) is 0. The van der Waals surface area contributed by atoms with E-state index in [9.17, 15) is 0 Å². The third kappa shape index (κ3) is 3.54. The number of benzene rings is 1. The van der Waals surface area contributed by atoms with Gasteiger partial charge in [0, 0.05) is 10.3 Å². The zero-order chi connectivity index (χ0) is 11.8. The van der Waals surface area contributed by atoms with Crippen LogP contribution in [0.1, 0.15) is 5.56 Å². The SMILES string of the molecule is COc1ccc(/C(=C\SC#N)SC#N)cc1. The molecule has 0 aliphatic heterocycles. The summed E-state index contributed by atoms with van der Waals surface area (Å²) < 4.78 is 5.04. The number of methoxy groups -OCH3 is 1. The van der Waals surface area contributed by atoms with E-state index in [0.717, 1.165) is 39.7 Å². The summed E-state index contributed by atoms with van der Waals surface area (Å²) in [5, 5.41) is 22.7. The van der Waals surface area contributed by atoms with Gasteiger partial charge in [0.2, 0.25) is 0 Å². The van der Waals surface area contributed by atoms with E-state index in [1.165, 1.54) is 0 Å². The van der Waals surface area contributed by atoms with E-state index in [-0.39, 0.29) is 0 Å². The fourth-order valence-corrected chi connectivity index (χ4v) is 2.02. The summed E-state index contributed by atoms with van der Waals surface area (Å²) in [5.74, 6) is 0.762. The van der Waals surface area contributed by atoms with Crippen molar-refractivity contribution >= 4 is 28.4 Å². The maximum absolute atomic E-state index is 8.65. The molecule has 0 N–H and O–H groups in total. The van der Waals surface area contributed by atoms with Gasteiger partial charge in [0.25, 0.3) is 0 Å². The summed E-state index contributed by atoms with van der Waals surface area (Å²) in [6, 6.07) is 7.34. The van der Waals surface area contributed by atoms with Gasteiger partial charge in [-0.25, -0.2) is 0 Å². The Morgan fingerprint density at radius 2 is 1.94 bits per heavy atom. The quantitative estimate of drug-likeness (QED) is 0.764. The van der Waals surface area contributed by atoms with Gasteiger partial charge in [-0.15, -0.1) is 0 Å². The molecule has 0 saturated carbocycles. The predicted octanol–water partition coefficient (Wildman–Crippen LogP) is 3.42. The Balaban J connectivity index is 2.94. The third-order valence-electron chi connectivity index (χ3n) is 1.75. The molecule has 3 nitrogen and oxygen atoms in total. The van der Waals surface area contributed by atoms with Crippen LogP contribution in [0.3, 0.4) is 0 Å². The van der Waals surface area contributed by atoms with Gasteiger partial charge in [0.05, 0.1) is 7.11 Å². The topological polar surface area (TPSA) is 56.8 Å². The number of ether oxygens (including phenoxy) is 1. The van der Waals surface area contributed by atoms with Gasteiger partial charge in [0.15, 0.2) is 0 Å². The molecular weight excluding hydrogens is 240 g/mol. The van der Waals surface area contributed by atoms with Gasteiger partial charge < -0.3 is 4.74 Å². The lowest BCUT2D eigenvalue weighted by molar-refractivity contribution is 0.415. The minimum absolute atomic E-state index is 0.761. The van der Waals surface area contributed by atoms with Crippen molar-refractivity contribution < 1.29 is 4.74 Å². The molecule has 1 rings (SSSR count). The van der Waals surface area contributed by atoms with Crippen molar-refractivity contribution in [3.8, 4) is 16.6 Å². The highest BCUT2D eigenvalue weighted by molar-refractivity contribution is 8.14. The Hall–Kier alpha value is -1.56. The Morgan fingerprint density at radius 1 is 1.25 bits per heavy atom. The molecule has 0 heterocycles. The summed E-state index contributed by atoms with van der Waals surface area (Å²) in [7, 11) is 1.60. The van der Waals surface area contributed by atoms with Crippen molar-refractivity contribution in [1.82, 2.24) is 0 Å². The van der Waals surface area contributed by atoms with E-state index in [0.29, 0.717) is 0 Å². The molecule has 0 aliphatic carbocycles. The first-order chi connectivity index (χ1) is 7.81. The van der Waals surface area contributed by atoms with Crippen LogP contribution in [-0.4, -0.2) is 7.11 Å². The van der Waals surface area contributed by atoms with Crippen molar-refractivity contribution in [2.24, 2.45) is 0 Å². The lowest BCUT2D eigenvalue weighted by atomic mass is 10.2. The first kappa shape index (κ1) is 12.5. The molecular formula is C11H8N2OS2. The molecule has 0 saturated heterocycles. The second-order valence-electron chi connectivity index (χ2n) is 2.61. The molecule has 0 amide bonds. The van der Waals surface area contributed by atoms with Crippen molar-refractivity contribution in [2.75, 3.05) is 7.11 Å². The fraction of sp³-hybridized carbons (Fsp3) is 0.0909. The van der Waals surface area contributed by atoms with Gasteiger partial charge in [0.1, 0.15) is 16.6 Å². The van der Waals surface area contributed by atoms with Gasteiger partial charge in [-0.3, -0.25) is 0 Å². The molecule has 1 aromatic rings. The minimum atomic E-state index is 0.761. The molecule has 0 spiro atoms. The van der Waals surface area contributed by atoms with Gasteiger partial charge in [-0.05, 0) is 41.2 Å². The zero-order valence-corrected chi connectivity index (χ0v) is 10.1. The predicted molar refractivity (Wildman–Crippen MR) is 67.4 cm³/mol. The van der Waals surface area contributed by atoms with Crippen LogP contribution in [0.4, 0.5) is 0 Å². The molecule has 80 valence electrons. The van der Waals surface area contributed by atoms with Gasteiger partial charge in [-0.2, -0.15) is 10.5 Å². The number of hydrogen-bond acceptors (Lipinski definition) is 5. The van der Waals surface area contributed by atoms with E-state index < -0.39 is 0 Å². The second-order valence-corrected chi connectivity index (χ2v) is 4.09. The third-order valence-corrected chi connectivity index (χ3v) is 3.02. The highest BCUT2D eigenvalue weighted by atomic mass is 32.2. The monoisotopic (exact) mass is 248 g/mol. The minimum Gasteiger partial charge on any atom is -0.497 e. The fourth-order valence-electron chi connectivity index (χ4n) is 1.04. The van der Waals surface area contributed by atoms with E-state index in [4.69, 9.17) is 15.3 Å². The van der Waals surface area contributed by atoms with E-state index in [2.05, 4.69) is 0 Å². The van der Waals surface area contributed by atoms with Gasteiger partial charge >= 0.3 is 0 Å². The number of nitriles is 2. The van der Waals surface area contributed by atoms with E-state index in [1.54, 1.807) is 12.5 Å². The van der Waals surface area contributed by atoms with Crippen molar-refractivity contribution in [1.29, 1.82) is 10.5 Å². The van der Waals surface area contributed by atoms with Gasteiger partial charge in [-0.1, -0.05) is 12.1 Å². The van der Waals surface area contributed by atoms with Crippen LogP contribution in [0.2, 0.25) is 0 Å². The molecule has 0 fully saturated rings. The summed E-state index contributed by atoms with van der Waals surface area (Å²) in [4.78, 5) is 0.761. The summed E-state index contributed by atoms with van der Waals surface area (Å²) >= 11 is 2.04. The Labute approximate surface area is 103 Å². The van der Waals surface area contributed by atoms with Crippen molar-refractivity contribution in [2.45, 2.75) is 0 Å². The first-order valence-corrected chi connectivity index (χ1v) is 5.96. The Kier molecular flexibility index (Phi) is 5.35. The Bertz CT molecular complexity index is 454. The molecule has 5 heteroatoms. The number of thiocyanates is 2. The lowest BCUT2D eigenvalue weighted by Gasteiger charge is -2.03. The first-order valence-electron chi connectivity index (χ1n) is 4.27. The van der Waals surface area contributed by atoms with Crippen LogP contribution in [0.25, 0.3) is 4.91 Å². The second kappa shape index (κ2) is 6.84. The largest absolute Gasteiger partial charge is 0.497 e. The molecule has 0 bridgehead atoms. The molecule has 0 aromatic heterocycles. The Morgan fingerprint density at radius 3 is 2.44 bits per heavy atom. The number of hydrogen-bond donors (Lipinski definition) is 0. The zero-order valence-electron chi connectivity index (χ0n) is 8.51. The highest BCUT2D eigenvalue weighted by Gasteiger charge is 2.02. The highest BCUT2D eigenvalue weighted by Crippen LogP contribution is 2.30. The normalized spacial score (nSPS) is 10.3. The lowest BCUT2D eigenvalue weighted by Crippen LogP contribution is -1.83. The number of thioether (sulfide) groups is 2. The summed E-state index contributed by atoms with van der Waals surface area (Å²) in [6.45, 7) is 0. The van der Waals surface area contributed by atoms with Crippen LogP contribution >= 0.6 is 23.5 Å². The smallest absolute Gasteiger partial charge is 0.138 e. The van der Waals surface area contributed by atoms with E-state index in [1.807, 2.05) is 35.1 Å². The number of nitrogens with zero attached hydrogens (tertiary/aromatic N) is 2. The van der Waals surface area contributed by atoms with Crippen LogP contribution in [0.15, 0.2) is 29.7 Å². The van der Waals surface area contributed by atoms with Crippen LogP contribution in [0.5, 0.6) is 5.75 Å². The number of rotatable bonds is 4. The van der Waals surface area contributed by atoms with Crippen LogP contribution in [-0.2, 0) is 0 Å². The molecule has 0 unspecified atom stereocenters. The summed E-state index contributed by atoms with van der Waals surface area (Å²) in [5.41, 5.74) is 0.898. The average Bonchev–Trinajstić information content (AvgIpc) is 2.35. The van der Waals surface area contributed by atoms with E-state index >= 15 is 0 Å². The van der Waals surface area contributed by atoms with Crippen molar-refractivity contribution in [3.05, 3.63) is 35.2 Å². The molecule has 16 heavy (non-hydrogen) atoms. The molecule has 0 atom stereocenters. The molecule has 0 aliphatic rings. The maximum Gasteiger partial charge on any atom is 0.138 e. The molecule has 0 radical (unpaired) electrons. The maximum atomic E-state index is 8.65. The average molecular weight is 248 g/mol. The standard InChI is InChI=1S/C11H8N2OS2/c1-14-10-4-2-9(3-5-10)11(16-8-13)6-15-7-12/h2-6H,1H3/b11-6+. The van der Waals surface area contributed by atoms with Crippen LogP contribution in [0, 0.1) is 21.3 Å². The van der Waals surface area contributed by atoms with Crippen LogP contribution < -0.4 is 4.74 Å².